The first-order valence-corrected chi connectivity index (χ1v) is 9.34. The summed E-state index contributed by atoms with van der Waals surface area (Å²) in [4.78, 5) is 30.9. The Morgan fingerprint density at radius 1 is 1.30 bits per heavy atom. The van der Waals surface area contributed by atoms with Gasteiger partial charge in [-0.25, -0.2) is 19.3 Å². The van der Waals surface area contributed by atoms with E-state index in [-0.39, 0.29) is 17.0 Å². The number of carbonyl (C=O) groups is 1. The fourth-order valence-electron chi connectivity index (χ4n) is 2.87. The monoisotopic (exact) mass is 384 g/mol. The lowest BCUT2D eigenvalue weighted by molar-refractivity contribution is -0.120. The minimum absolute atomic E-state index is 0.0858. The van der Waals surface area contributed by atoms with Gasteiger partial charge in [-0.05, 0) is 37.1 Å². The highest BCUT2D eigenvalue weighted by Crippen LogP contribution is 2.26. The van der Waals surface area contributed by atoms with E-state index in [9.17, 15) is 9.18 Å². The number of thioether (sulfide) groups is 1. The summed E-state index contributed by atoms with van der Waals surface area (Å²) in [5.74, 6) is -0.357. The molecule has 3 N–H and O–H groups in total. The van der Waals surface area contributed by atoms with Crippen LogP contribution in [0.1, 0.15) is 12.5 Å². The van der Waals surface area contributed by atoms with Crippen LogP contribution in [0.2, 0.25) is 0 Å². The Labute approximate surface area is 158 Å². The van der Waals surface area contributed by atoms with E-state index in [2.05, 4.69) is 30.2 Å². The molecule has 0 aliphatic carbocycles. The molecule has 0 fully saturated rings. The summed E-state index contributed by atoms with van der Waals surface area (Å²) < 4.78 is 13.4. The van der Waals surface area contributed by atoms with Crippen molar-refractivity contribution in [1.82, 2.24) is 30.2 Å². The molecule has 27 heavy (non-hydrogen) atoms. The third-order valence-electron chi connectivity index (χ3n) is 4.27. The van der Waals surface area contributed by atoms with Crippen molar-refractivity contribution in [2.75, 3.05) is 6.54 Å². The first-order chi connectivity index (χ1) is 13.1. The minimum atomic E-state index is -0.327. The average Bonchev–Trinajstić information content (AvgIpc) is 3.29. The molecule has 0 aliphatic heterocycles. The number of amides is 1. The van der Waals surface area contributed by atoms with Crippen molar-refractivity contribution in [3.63, 3.8) is 0 Å². The zero-order valence-corrected chi connectivity index (χ0v) is 15.3. The number of hydrogen-bond donors (Lipinski definition) is 3. The Morgan fingerprint density at radius 2 is 2.19 bits per heavy atom. The van der Waals surface area contributed by atoms with E-state index in [0.29, 0.717) is 23.6 Å². The molecule has 1 amide bonds. The van der Waals surface area contributed by atoms with Crippen LogP contribution in [0.5, 0.6) is 0 Å². The van der Waals surface area contributed by atoms with Gasteiger partial charge in [0.2, 0.25) is 5.91 Å². The molecule has 1 aromatic carbocycles. The number of benzene rings is 1. The van der Waals surface area contributed by atoms with Crippen LogP contribution in [0.25, 0.3) is 22.1 Å². The Morgan fingerprint density at radius 3 is 3.07 bits per heavy atom. The summed E-state index contributed by atoms with van der Waals surface area (Å²) in [5.41, 5.74) is 3.16. The lowest BCUT2D eigenvalue weighted by Gasteiger charge is -2.11. The average molecular weight is 384 g/mol. The SMILES string of the molecule is C[C@H](Sc1ncnc2nc[nH]c12)C(=O)NCCc1c[nH]c2ccc(F)cc12. The summed E-state index contributed by atoms with van der Waals surface area (Å²) in [6.45, 7) is 2.29. The van der Waals surface area contributed by atoms with Crippen LogP contribution in [0.3, 0.4) is 0 Å². The zero-order chi connectivity index (χ0) is 18.8. The van der Waals surface area contributed by atoms with Gasteiger partial charge in [-0.3, -0.25) is 4.79 Å². The van der Waals surface area contributed by atoms with Gasteiger partial charge in [-0.2, -0.15) is 0 Å². The molecular formula is C18H17FN6OS. The van der Waals surface area contributed by atoms with Gasteiger partial charge in [-0.15, -0.1) is 0 Å². The van der Waals surface area contributed by atoms with Crippen molar-refractivity contribution in [3.05, 3.63) is 48.4 Å². The molecule has 3 aromatic heterocycles. The van der Waals surface area contributed by atoms with E-state index >= 15 is 0 Å². The first-order valence-electron chi connectivity index (χ1n) is 8.46. The van der Waals surface area contributed by atoms with Crippen LogP contribution >= 0.6 is 11.8 Å². The molecule has 0 aliphatic rings. The Hall–Kier alpha value is -2.94. The maximum absolute atomic E-state index is 13.4. The number of carbonyl (C=O) groups excluding carboxylic acids is 1. The fourth-order valence-corrected chi connectivity index (χ4v) is 3.78. The molecule has 0 spiro atoms. The fraction of sp³-hybridized carbons (Fsp3) is 0.222. The van der Waals surface area contributed by atoms with Crippen molar-refractivity contribution in [2.24, 2.45) is 0 Å². The lowest BCUT2D eigenvalue weighted by Crippen LogP contribution is -2.32. The summed E-state index contributed by atoms with van der Waals surface area (Å²) in [6.07, 6.45) is 5.46. The van der Waals surface area contributed by atoms with E-state index in [1.54, 1.807) is 12.4 Å². The number of halogens is 1. The van der Waals surface area contributed by atoms with Gasteiger partial charge in [0, 0.05) is 23.6 Å². The third kappa shape index (κ3) is 3.63. The van der Waals surface area contributed by atoms with Gasteiger partial charge in [0.05, 0.1) is 11.6 Å². The molecule has 138 valence electrons. The van der Waals surface area contributed by atoms with Gasteiger partial charge in [-0.1, -0.05) is 11.8 Å². The quantitative estimate of drug-likeness (QED) is 0.351. The zero-order valence-electron chi connectivity index (χ0n) is 14.5. The highest BCUT2D eigenvalue weighted by molar-refractivity contribution is 8.00. The van der Waals surface area contributed by atoms with Gasteiger partial charge in [0.25, 0.3) is 0 Å². The van der Waals surface area contributed by atoms with E-state index in [4.69, 9.17) is 0 Å². The van der Waals surface area contributed by atoms with Crippen LogP contribution in [-0.2, 0) is 11.2 Å². The Kier molecular flexibility index (Phi) is 4.76. The van der Waals surface area contributed by atoms with Crippen molar-refractivity contribution in [3.8, 4) is 0 Å². The number of hydrogen-bond acceptors (Lipinski definition) is 5. The van der Waals surface area contributed by atoms with Crippen molar-refractivity contribution >= 4 is 39.7 Å². The molecule has 0 bridgehead atoms. The predicted octanol–water partition coefficient (Wildman–Crippen LogP) is 2.81. The molecule has 7 nitrogen and oxygen atoms in total. The van der Waals surface area contributed by atoms with E-state index in [0.717, 1.165) is 22.0 Å². The highest BCUT2D eigenvalue weighted by Gasteiger charge is 2.17. The molecule has 4 rings (SSSR count). The second kappa shape index (κ2) is 7.36. The van der Waals surface area contributed by atoms with Crippen molar-refractivity contribution in [1.29, 1.82) is 0 Å². The molecule has 4 aromatic rings. The first kappa shape index (κ1) is 17.5. The maximum Gasteiger partial charge on any atom is 0.233 e. The standard InChI is InChI=1S/C18H17FN6OS/c1-10(27-18-15-16(23-8-22-15)24-9-25-18)17(26)20-5-4-11-7-21-14-3-2-12(19)6-13(11)14/h2-3,6-10,21H,4-5H2,1H3,(H,20,26)(H,22,23,24,25)/t10-/m0/s1. The smallest absolute Gasteiger partial charge is 0.233 e. The third-order valence-corrected chi connectivity index (χ3v) is 5.37. The minimum Gasteiger partial charge on any atom is -0.361 e. The number of H-pyrrole nitrogens is 2. The Balaban J connectivity index is 1.36. The number of rotatable bonds is 6. The summed E-state index contributed by atoms with van der Waals surface area (Å²) >= 11 is 1.35. The highest BCUT2D eigenvalue weighted by atomic mass is 32.2. The second-order valence-corrected chi connectivity index (χ2v) is 7.41. The van der Waals surface area contributed by atoms with Crippen molar-refractivity contribution < 1.29 is 9.18 Å². The van der Waals surface area contributed by atoms with Crippen LogP contribution < -0.4 is 5.32 Å². The van der Waals surface area contributed by atoms with Crippen LogP contribution in [0.15, 0.2) is 42.1 Å². The Bertz CT molecular complexity index is 1110. The molecule has 0 unspecified atom stereocenters. The molecule has 1 atom stereocenters. The van der Waals surface area contributed by atoms with Crippen LogP contribution in [0.4, 0.5) is 4.39 Å². The van der Waals surface area contributed by atoms with Gasteiger partial charge < -0.3 is 15.3 Å². The number of nitrogens with one attached hydrogen (secondary N) is 3. The molecule has 9 heteroatoms. The molecule has 3 heterocycles. The molecular weight excluding hydrogens is 367 g/mol. The number of fused-ring (bicyclic) bond motifs is 2. The maximum atomic E-state index is 13.4. The van der Waals surface area contributed by atoms with Crippen LogP contribution in [-0.4, -0.2) is 42.6 Å². The van der Waals surface area contributed by atoms with Crippen LogP contribution in [0, 0.1) is 5.82 Å². The molecule has 0 radical (unpaired) electrons. The second-order valence-electron chi connectivity index (χ2n) is 6.08. The summed E-state index contributed by atoms with van der Waals surface area (Å²) in [7, 11) is 0. The number of aromatic nitrogens is 5. The molecule has 0 saturated heterocycles. The van der Waals surface area contributed by atoms with E-state index in [1.165, 1.54) is 30.2 Å². The topological polar surface area (TPSA) is 99.3 Å². The predicted molar refractivity (Wildman–Crippen MR) is 102 cm³/mol. The normalized spacial score (nSPS) is 12.5. The van der Waals surface area contributed by atoms with Gasteiger partial charge in [0.1, 0.15) is 22.7 Å². The number of aromatic amines is 2. The van der Waals surface area contributed by atoms with Gasteiger partial charge in [0.15, 0.2) is 5.65 Å². The van der Waals surface area contributed by atoms with E-state index < -0.39 is 0 Å². The number of nitrogens with zero attached hydrogens (tertiary/aromatic N) is 3. The summed E-state index contributed by atoms with van der Waals surface area (Å²) in [6, 6.07) is 4.64. The number of imidazole rings is 1. The largest absolute Gasteiger partial charge is 0.361 e. The summed E-state index contributed by atoms with van der Waals surface area (Å²) in [5, 5.41) is 4.13. The van der Waals surface area contributed by atoms with E-state index in [1.807, 2.05) is 13.1 Å². The van der Waals surface area contributed by atoms with Gasteiger partial charge >= 0.3 is 0 Å². The van der Waals surface area contributed by atoms with Crippen molar-refractivity contribution in [2.45, 2.75) is 23.6 Å². The molecule has 0 saturated carbocycles. The lowest BCUT2D eigenvalue weighted by atomic mass is 10.1.